The lowest BCUT2D eigenvalue weighted by Gasteiger charge is -2.22. The Balaban J connectivity index is 2.57. The van der Waals surface area contributed by atoms with E-state index in [1.54, 1.807) is 4.68 Å². The molecule has 2 N–H and O–H groups in total. The Morgan fingerprint density at radius 1 is 1.28 bits per heavy atom. The van der Waals surface area contributed by atoms with Gasteiger partial charge in [0, 0.05) is 37.7 Å². The van der Waals surface area contributed by atoms with Crippen LogP contribution < -0.4 is 15.3 Å². The SMILES string of the molecule is CCN(CC)c1ccc(/N=N/c2c(C#N)c(C(C)(C)C)nn2CCNP)c(NC(C)=O)c1. The molecule has 2 aromatic rings. The van der Waals surface area contributed by atoms with Gasteiger partial charge in [-0.25, -0.2) is 4.68 Å². The molecule has 0 spiro atoms. The van der Waals surface area contributed by atoms with Crippen molar-refractivity contribution in [3.63, 3.8) is 0 Å². The van der Waals surface area contributed by atoms with Crippen molar-refractivity contribution in [3.8, 4) is 6.07 Å². The van der Waals surface area contributed by atoms with Gasteiger partial charge in [-0.2, -0.15) is 10.4 Å². The summed E-state index contributed by atoms with van der Waals surface area (Å²) in [5.74, 6) is 0.210. The third-order valence-corrected chi connectivity index (χ3v) is 5.18. The second-order valence-corrected chi connectivity index (χ2v) is 8.75. The number of aromatic nitrogens is 2. The van der Waals surface area contributed by atoms with E-state index in [1.165, 1.54) is 6.92 Å². The summed E-state index contributed by atoms with van der Waals surface area (Å²) in [7, 11) is 2.45. The number of hydrogen-bond acceptors (Lipinski definition) is 7. The molecule has 0 aliphatic rings. The third kappa shape index (κ3) is 6.12. The van der Waals surface area contributed by atoms with Crippen molar-refractivity contribution in [2.24, 2.45) is 10.2 Å². The van der Waals surface area contributed by atoms with Gasteiger partial charge in [0.15, 0.2) is 5.82 Å². The molecule has 1 unspecified atom stereocenters. The molecule has 172 valence electrons. The van der Waals surface area contributed by atoms with Gasteiger partial charge in [0.2, 0.25) is 5.91 Å². The van der Waals surface area contributed by atoms with E-state index in [2.05, 4.69) is 59.9 Å². The summed E-state index contributed by atoms with van der Waals surface area (Å²) in [6, 6.07) is 7.92. The first-order valence-electron chi connectivity index (χ1n) is 10.7. The van der Waals surface area contributed by atoms with E-state index < -0.39 is 0 Å². The summed E-state index contributed by atoms with van der Waals surface area (Å²) in [5.41, 5.74) is 2.83. The number of nitrogens with zero attached hydrogens (tertiary/aromatic N) is 6. The standard InChI is InChI=1S/C22H33N8OP/c1-7-29(8-2)16-9-10-18(19(13-16)25-15(3)31)26-27-21-17(14-23)20(22(4,5)6)28-30(21)12-11-24-32/h9-10,13,24H,7-8,11-12,32H2,1-6H3,(H,25,31)/b27-26+. The van der Waals surface area contributed by atoms with Crippen LogP contribution in [0.2, 0.25) is 0 Å². The van der Waals surface area contributed by atoms with Gasteiger partial charge in [-0.05, 0) is 32.0 Å². The molecular weight excluding hydrogens is 423 g/mol. The van der Waals surface area contributed by atoms with Gasteiger partial charge in [-0.1, -0.05) is 30.2 Å². The minimum absolute atomic E-state index is 0.192. The van der Waals surface area contributed by atoms with Crippen LogP contribution in [0.1, 0.15) is 52.8 Å². The maximum atomic E-state index is 11.8. The molecule has 9 nitrogen and oxygen atoms in total. The normalized spacial score (nSPS) is 11.6. The van der Waals surface area contributed by atoms with Crippen molar-refractivity contribution in [2.75, 3.05) is 29.9 Å². The van der Waals surface area contributed by atoms with Gasteiger partial charge in [0.1, 0.15) is 17.3 Å². The average Bonchev–Trinajstić information content (AvgIpc) is 3.10. The van der Waals surface area contributed by atoms with E-state index in [-0.39, 0.29) is 11.3 Å². The van der Waals surface area contributed by atoms with Crippen LogP contribution in [0.25, 0.3) is 0 Å². The number of nitriles is 1. The summed E-state index contributed by atoms with van der Waals surface area (Å²) in [5, 5.41) is 29.2. The van der Waals surface area contributed by atoms with E-state index in [9.17, 15) is 10.1 Å². The summed E-state index contributed by atoms with van der Waals surface area (Å²) in [4.78, 5) is 14.0. The van der Waals surface area contributed by atoms with E-state index >= 15 is 0 Å². The maximum Gasteiger partial charge on any atom is 0.221 e. The molecule has 0 aliphatic heterocycles. The fourth-order valence-electron chi connectivity index (χ4n) is 3.30. The summed E-state index contributed by atoms with van der Waals surface area (Å²) >= 11 is 0. The molecule has 0 bridgehead atoms. The molecule has 1 atom stereocenters. The Morgan fingerprint density at radius 2 is 1.97 bits per heavy atom. The van der Waals surface area contributed by atoms with Crippen LogP contribution in [-0.4, -0.2) is 35.3 Å². The molecule has 0 fully saturated rings. The van der Waals surface area contributed by atoms with E-state index in [1.807, 2.05) is 39.0 Å². The van der Waals surface area contributed by atoms with Gasteiger partial charge in [-0.3, -0.25) is 9.88 Å². The number of azo groups is 1. The molecule has 1 aromatic carbocycles. The highest BCUT2D eigenvalue weighted by Gasteiger charge is 2.27. The Morgan fingerprint density at radius 3 is 2.50 bits per heavy atom. The molecule has 1 amide bonds. The zero-order chi connectivity index (χ0) is 23.9. The average molecular weight is 457 g/mol. The summed E-state index contributed by atoms with van der Waals surface area (Å²) in [6.07, 6.45) is 0. The highest BCUT2D eigenvalue weighted by molar-refractivity contribution is 7.13. The van der Waals surface area contributed by atoms with Crippen LogP contribution in [0.5, 0.6) is 0 Å². The Labute approximate surface area is 192 Å². The molecule has 0 aliphatic carbocycles. The predicted octanol–water partition coefficient (Wildman–Crippen LogP) is 4.65. The number of benzene rings is 1. The highest BCUT2D eigenvalue weighted by Crippen LogP contribution is 2.35. The molecule has 10 heteroatoms. The largest absolute Gasteiger partial charge is 0.372 e. The Kier molecular flexibility index (Phi) is 8.88. The predicted molar refractivity (Wildman–Crippen MR) is 132 cm³/mol. The van der Waals surface area contributed by atoms with Crippen LogP contribution >= 0.6 is 9.39 Å². The number of carbonyl (C=O) groups is 1. The molecule has 32 heavy (non-hydrogen) atoms. The summed E-state index contributed by atoms with van der Waals surface area (Å²) < 4.78 is 1.70. The molecule has 1 heterocycles. The smallest absolute Gasteiger partial charge is 0.221 e. The van der Waals surface area contributed by atoms with Crippen molar-refractivity contribution in [3.05, 3.63) is 29.5 Å². The highest BCUT2D eigenvalue weighted by atomic mass is 31.0. The molecule has 1 aromatic heterocycles. The summed E-state index contributed by atoms with van der Waals surface area (Å²) in [6.45, 7) is 14.5. The van der Waals surface area contributed by atoms with Crippen LogP contribution in [0.3, 0.4) is 0 Å². The molecular formula is C22H33N8OP. The van der Waals surface area contributed by atoms with Gasteiger partial charge in [0.05, 0.1) is 17.9 Å². The first-order valence-corrected chi connectivity index (χ1v) is 11.3. The van der Waals surface area contributed by atoms with Crippen LogP contribution in [0.4, 0.5) is 22.9 Å². The third-order valence-electron chi connectivity index (χ3n) is 4.89. The topological polar surface area (TPSA) is 111 Å². The van der Waals surface area contributed by atoms with Crippen molar-refractivity contribution in [1.29, 1.82) is 5.26 Å². The lowest BCUT2D eigenvalue weighted by atomic mass is 9.90. The van der Waals surface area contributed by atoms with Crippen molar-refractivity contribution < 1.29 is 4.79 Å². The van der Waals surface area contributed by atoms with Gasteiger partial charge in [-0.15, -0.1) is 10.2 Å². The van der Waals surface area contributed by atoms with Gasteiger partial charge in [0.25, 0.3) is 0 Å². The minimum atomic E-state index is -0.318. The molecule has 0 saturated heterocycles. The van der Waals surface area contributed by atoms with E-state index in [0.717, 1.165) is 18.8 Å². The monoisotopic (exact) mass is 456 g/mol. The molecule has 2 rings (SSSR count). The molecule has 0 saturated carbocycles. The van der Waals surface area contributed by atoms with E-state index in [0.29, 0.717) is 41.5 Å². The zero-order valence-electron chi connectivity index (χ0n) is 19.7. The van der Waals surface area contributed by atoms with Gasteiger partial charge < -0.3 is 10.2 Å². The number of amides is 1. The quantitative estimate of drug-likeness (QED) is 0.421. The Hall–Kier alpha value is -2.82. The first-order chi connectivity index (χ1) is 15.2. The van der Waals surface area contributed by atoms with Crippen LogP contribution in [-0.2, 0) is 16.8 Å². The van der Waals surface area contributed by atoms with E-state index in [4.69, 9.17) is 0 Å². The fourth-order valence-corrected chi connectivity index (χ4v) is 3.43. The number of anilines is 2. The number of rotatable bonds is 9. The second-order valence-electron chi connectivity index (χ2n) is 8.34. The van der Waals surface area contributed by atoms with Crippen molar-refractivity contribution in [2.45, 2.75) is 53.5 Å². The Bertz CT molecular complexity index is 1010. The number of nitrogens with one attached hydrogen (secondary N) is 2. The fraction of sp³-hybridized carbons (Fsp3) is 0.500. The van der Waals surface area contributed by atoms with Crippen molar-refractivity contribution >= 4 is 38.2 Å². The second kappa shape index (κ2) is 11.2. The number of hydrogen-bond donors (Lipinski definition) is 2. The lowest BCUT2D eigenvalue weighted by molar-refractivity contribution is -0.114. The maximum absolute atomic E-state index is 11.8. The zero-order valence-corrected chi connectivity index (χ0v) is 20.9. The first kappa shape index (κ1) is 25.4. The van der Waals surface area contributed by atoms with Gasteiger partial charge >= 0.3 is 0 Å². The van der Waals surface area contributed by atoms with Crippen LogP contribution in [0.15, 0.2) is 28.4 Å². The minimum Gasteiger partial charge on any atom is -0.372 e. The lowest BCUT2D eigenvalue weighted by Crippen LogP contribution is -2.21. The number of carbonyl (C=O) groups excluding carboxylic acids is 1. The van der Waals surface area contributed by atoms with Crippen molar-refractivity contribution in [1.82, 2.24) is 14.9 Å². The van der Waals surface area contributed by atoms with Crippen LogP contribution in [0, 0.1) is 11.3 Å². The molecule has 0 radical (unpaired) electrons.